The van der Waals surface area contributed by atoms with E-state index >= 15 is 0 Å². The van der Waals surface area contributed by atoms with Crippen LogP contribution in [0.3, 0.4) is 0 Å². The predicted molar refractivity (Wildman–Crippen MR) is 75.3 cm³/mol. The molecule has 1 aromatic carbocycles. The van der Waals surface area contributed by atoms with E-state index in [2.05, 4.69) is 12.2 Å². The Balaban J connectivity index is 2.45. The summed E-state index contributed by atoms with van der Waals surface area (Å²) in [5.41, 5.74) is 0.685. The SMILES string of the molecule is Cc1c(NC2(C)CCCC2)cc(C(=O)O)cc1[N+](=O)[O-]. The number of rotatable bonds is 4. The molecule has 1 fully saturated rings. The summed E-state index contributed by atoms with van der Waals surface area (Å²) in [6.07, 6.45) is 4.20. The van der Waals surface area contributed by atoms with E-state index in [0.29, 0.717) is 11.3 Å². The Labute approximate surface area is 117 Å². The van der Waals surface area contributed by atoms with Crippen LogP contribution in [0.1, 0.15) is 48.5 Å². The zero-order valence-corrected chi connectivity index (χ0v) is 11.6. The molecule has 0 saturated heterocycles. The van der Waals surface area contributed by atoms with Crippen molar-refractivity contribution in [1.82, 2.24) is 0 Å². The van der Waals surface area contributed by atoms with Crippen LogP contribution in [0, 0.1) is 17.0 Å². The lowest BCUT2D eigenvalue weighted by molar-refractivity contribution is -0.385. The van der Waals surface area contributed by atoms with Gasteiger partial charge in [-0.3, -0.25) is 10.1 Å². The van der Waals surface area contributed by atoms with Gasteiger partial charge in [-0.05, 0) is 32.8 Å². The van der Waals surface area contributed by atoms with Gasteiger partial charge < -0.3 is 10.4 Å². The second-order valence-corrected chi connectivity index (χ2v) is 5.62. The number of carboxylic acids is 1. The third-order valence-electron chi connectivity index (χ3n) is 3.97. The van der Waals surface area contributed by atoms with Crippen LogP contribution in [0.5, 0.6) is 0 Å². The van der Waals surface area contributed by atoms with Gasteiger partial charge in [0, 0.05) is 22.9 Å². The first-order chi connectivity index (χ1) is 9.32. The fourth-order valence-corrected chi connectivity index (χ4v) is 2.75. The van der Waals surface area contributed by atoms with Gasteiger partial charge >= 0.3 is 5.97 Å². The molecule has 2 N–H and O–H groups in total. The number of hydrogen-bond acceptors (Lipinski definition) is 4. The summed E-state index contributed by atoms with van der Waals surface area (Å²) in [6, 6.07) is 2.59. The lowest BCUT2D eigenvalue weighted by Gasteiger charge is -2.27. The van der Waals surface area contributed by atoms with Crippen molar-refractivity contribution >= 4 is 17.3 Å². The molecule has 0 heterocycles. The highest BCUT2D eigenvalue weighted by atomic mass is 16.6. The maximum Gasteiger partial charge on any atom is 0.336 e. The lowest BCUT2D eigenvalue weighted by Crippen LogP contribution is -2.31. The average Bonchev–Trinajstić information content (AvgIpc) is 2.78. The molecule has 0 unspecified atom stereocenters. The Morgan fingerprint density at radius 1 is 1.40 bits per heavy atom. The summed E-state index contributed by atoms with van der Waals surface area (Å²) in [6.45, 7) is 3.71. The molecule has 0 spiro atoms. The molecule has 6 heteroatoms. The van der Waals surface area contributed by atoms with Crippen molar-refractivity contribution < 1.29 is 14.8 Å². The third-order valence-corrected chi connectivity index (χ3v) is 3.97. The topological polar surface area (TPSA) is 92.5 Å². The highest BCUT2D eigenvalue weighted by Crippen LogP contribution is 2.36. The van der Waals surface area contributed by atoms with Gasteiger partial charge in [0.1, 0.15) is 0 Å². The standard InChI is InChI=1S/C14H18N2O4/c1-9-11(15-14(2)5-3-4-6-14)7-10(13(17)18)8-12(9)16(19)20/h7-8,15H,3-6H2,1-2H3,(H,17,18). The predicted octanol–water partition coefficient (Wildman–Crippen LogP) is 3.35. The van der Waals surface area contributed by atoms with Gasteiger partial charge in [-0.2, -0.15) is 0 Å². The summed E-state index contributed by atoms with van der Waals surface area (Å²) in [7, 11) is 0. The fraction of sp³-hybridized carbons (Fsp3) is 0.500. The van der Waals surface area contributed by atoms with Crippen LogP contribution < -0.4 is 5.32 Å². The van der Waals surface area contributed by atoms with Gasteiger partial charge in [-0.15, -0.1) is 0 Å². The maximum absolute atomic E-state index is 11.1. The molecule has 108 valence electrons. The lowest BCUT2D eigenvalue weighted by atomic mass is 9.98. The number of carboxylic acid groups (broad SMARTS) is 1. The van der Waals surface area contributed by atoms with Gasteiger partial charge in [0.15, 0.2) is 0 Å². The van der Waals surface area contributed by atoms with E-state index in [1.165, 1.54) is 6.07 Å². The molecule has 1 saturated carbocycles. The van der Waals surface area contributed by atoms with Crippen LogP contribution in [0.4, 0.5) is 11.4 Å². The Hall–Kier alpha value is -2.11. The smallest absolute Gasteiger partial charge is 0.336 e. The molecule has 1 aromatic rings. The monoisotopic (exact) mass is 278 g/mol. The number of nitro benzene ring substituents is 1. The fourth-order valence-electron chi connectivity index (χ4n) is 2.75. The number of anilines is 1. The number of aromatic carboxylic acids is 1. The highest BCUT2D eigenvalue weighted by Gasteiger charge is 2.30. The molecule has 0 atom stereocenters. The van der Waals surface area contributed by atoms with Gasteiger partial charge in [-0.25, -0.2) is 4.79 Å². The van der Waals surface area contributed by atoms with Crippen LogP contribution in [-0.4, -0.2) is 21.5 Å². The van der Waals surface area contributed by atoms with Crippen molar-refractivity contribution in [3.63, 3.8) is 0 Å². The van der Waals surface area contributed by atoms with Crippen LogP contribution in [-0.2, 0) is 0 Å². The van der Waals surface area contributed by atoms with Gasteiger partial charge in [0.05, 0.1) is 10.5 Å². The minimum atomic E-state index is -1.16. The van der Waals surface area contributed by atoms with Crippen LogP contribution in [0.25, 0.3) is 0 Å². The van der Waals surface area contributed by atoms with Crippen molar-refractivity contribution in [2.45, 2.75) is 45.1 Å². The van der Waals surface area contributed by atoms with E-state index in [9.17, 15) is 14.9 Å². The average molecular weight is 278 g/mol. The van der Waals surface area contributed by atoms with Crippen LogP contribution in [0.2, 0.25) is 0 Å². The summed E-state index contributed by atoms with van der Waals surface area (Å²) >= 11 is 0. The molecule has 0 aromatic heterocycles. The number of nitrogens with one attached hydrogen (secondary N) is 1. The first-order valence-corrected chi connectivity index (χ1v) is 6.63. The first-order valence-electron chi connectivity index (χ1n) is 6.63. The second kappa shape index (κ2) is 5.11. The molecule has 0 bridgehead atoms. The number of benzene rings is 1. The van der Waals surface area contributed by atoms with Crippen molar-refractivity contribution in [3.05, 3.63) is 33.4 Å². The molecular formula is C14H18N2O4. The van der Waals surface area contributed by atoms with E-state index in [1.807, 2.05) is 0 Å². The van der Waals surface area contributed by atoms with E-state index in [-0.39, 0.29) is 16.8 Å². The summed E-state index contributed by atoms with van der Waals surface area (Å²) in [4.78, 5) is 21.6. The van der Waals surface area contributed by atoms with E-state index in [0.717, 1.165) is 31.7 Å². The maximum atomic E-state index is 11.1. The largest absolute Gasteiger partial charge is 0.478 e. The first kappa shape index (κ1) is 14.3. The van der Waals surface area contributed by atoms with Crippen LogP contribution in [0.15, 0.2) is 12.1 Å². The van der Waals surface area contributed by atoms with Crippen molar-refractivity contribution in [2.75, 3.05) is 5.32 Å². The van der Waals surface area contributed by atoms with Crippen molar-refractivity contribution in [2.24, 2.45) is 0 Å². The summed E-state index contributed by atoms with van der Waals surface area (Å²) in [5, 5.41) is 23.4. The highest BCUT2D eigenvalue weighted by molar-refractivity contribution is 5.90. The molecule has 0 radical (unpaired) electrons. The Bertz CT molecular complexity index is 563. The molecule has 0 amide bonds. The Morgan fingerprint density at radius 3 is 2.50 bits per heavy atom. The Morgan fingerprint density at radius 2 is 2.00 bits per heavy atom. The van der Waals surface area contributed by atoms with Crippen LogP contribution >= 0.6 is 0 Å². The summed E-state index contributed by atoms with van der Waals surface area (Å²) < 4.78 is 0. The van der Waals surface area contributed by atoms with Gasteiger partial charge in [0.25, 0.3) is 5.69 Å². The molecule has 1 aliphatic rings. The molecule has 2 rings (SSSR count). The number of carbonyl (C=O) groups is 1. The number of nitrogens with zero attached hydrogens (tertiary/aromatic N) is 1. The minimum Gasteiger partial charge on any atom is -0.478 e. The second-order valence-electron chi connectivity index (χ2n) is 5.62. The van der Waals surface area contributed by atoms with Gasteiger partial charge in [0.2, 0.25) is 0 Å². The molecular weight excluding hydrogens is 260 g/mol. The summed E-state index contributed by atoms with van der Waals surface area (Å²) in [5.74, 6) is -1.16. The molecule has 0 aliphatic heterocycles. The quantitative estimate of drug-likeness (QED) is 0.650. The zero-order valence-electron chi connectivity index (χ0n) is 11.6. The normalized spacial score (nSPS) is 16.9. The van der Waals surface area contributed by atoms with E-state index < -0.39 is 10.9 Å². The minimum absolute atomic E-state index is 0.0635. The van der Waals surface area contributed by atoms with Crippen molar-refractivity contribution in [3.8, 4) is 0 Å². The number of nitro groups is 1. The van der Waals surface area contributed by atoms with E-state index in [4.69, 9.17) is 5.11 Å². The number of hydrogen-bond donors (Lipinski definition) is 2. The van der Waals surface area contributed by atoms with Crippen molar-refractivity contribution in [1.29, 1.82) is 0 Å². The molecule has 6 nitrogen and oxygen atoms in total. The molecule has 1 aliphatic carbocycles. The van der Waals surface area contributed by atoms with Gasteiger partial charge in [-0.1, -0.05) is 12.8 Å². The Kier molecular flexibility index (Phi) is 3.65. The third kappa shape index (κ3) is 2.74. The zero-order chi connectivity index (χ0) is 14.9. The molecule has 20 heavy (non-hydrogen) atoms. The van der Waals surface area contributed by atoms with E-state index in [1.54, 1.807) is 6.92 Å².